The number of nitrogens with zero attached hydrogens (tertiary/aromatic N) is 1. The zero-order chi connectivity index (χ0) is 22.0. The van der Waals surface area contributed by atoms with Crippen LogP contribution in [-0.2, 0) is 0 Å². The molecule has 0 saturated heterocycles. The van der Waals surface area contributed by atoms with E-state index in [-0.39, 0.29) is 5.78 Å². The van der Waals surface area contributed by atoms with Crippen LogP contribution in [0.1, 0.15) is 27.0 Å². The summed E-state index contributed by atoms with van der Waals surface area (Å²) < 4.78 is 6.92. The van der Waals surface area contributed by atoms with Crippen molar-refractivity contribution in [1.82, 2.24) is 4.90 Å². The van der Waals surface area contributed by atoms with E-state index in [2.05, 4.69) is 61.2 Å². The van der Waals surface area contributed by atoms with Crippen molar-refractivity contribution in [3.8, 4) is 16.2 Å². The van der Waals surface area contributed by atoms with E-state index in [9.17, 15) is 4.79 Å². The Kier molecular flexibility index (Phi) is 6.21. The maximum atomic E-state index is 13.6. The van der Waals surface area contributed by atoms with Crippen LogP contribution in [0.3, 0.4) is 0 Å². The second kappa shape index (κ2) is 9.04. The highest BCUT2D eigenvalue weighted by Gasteiger charge is 2.21. The van der Waals surface area contributed by atoms with Gasteiger partial charge in [-0.25, -0.2) is 0 Å². The van der Waals surface area contributed by atoms with Crippen LogP contribution in [0.15, 0.2) is 66.7 Å². The summed E-state index contributed by atoms with van der Waals surface area (Å²) in [6.07, 6.45) is 0. The molecule has 4 heteroatoms. The summed E-state index contributed by atoms with van der Waals surface area (Å²) in [7, 11) is 4.03. The highest BCUT2D eigenvalue weighted by atomic mass is 32.1. The van der Waals surface area contributed by atoms with Gasteiger partial charge in [-0.1, -0.05) is 42.0 Å². The van der Waals surface area contributed by atoms with Crippen molar-refractivity contribution < 1.29 is 9.53 Å². The van der Waals surface area contributed by atoms with E-state index in [1.807, 2.05) is 38.4 Å². The number of carbonyl (C=O) groups excluding carboxylic acids is 1. The summed E-state index contributed by atoms with van der Waals surface area (Å²) in [5.41, 5.74) is 4.94. The number of benzene rings is 3. The van der Waals surface area contributed by atoms with Gasteiger partial charge in [-0.3, -0.25) is 4.79 Å². The zero-order valence-corrected chi connectivity index (χ0v) is 19.3. The number of hydrogen-bond donors (Lipinski definition) is 0. The molecule has 0 aliphatic heterocycles. The Bertz CT molecular complexity index is 1200. The van der Waals surface area contributed by atoms with Gasteiger partial charge in [0.15, 0.2) is 5.78 Å². The Morgan fingerprint density at radius 2 is 1.58 bits per heavy atom. The predicted octanol–water partition coefficient (Wildman–Crippen LogP) is 6.36. The van der Waals surface area contributed by atoms with Crippen LogP contribution in [0.2, 0.25) is 0 Å². The lowest BCUT2D eigenvalue weighted by molar-refractivity contribution is 0.104. The molecule has 0 radical (unpaired) electrons. The first-order chi connectivity index (χ1) is 14.9. The molecule has 0 unspecified atom stereocenters. The third-order valence-electron chi connectivity index (χ3n) is 5.31. The molecule has 0 saturated carbocycles. The number of thiophene rings is 1. The monoisotopic (exact) mass is 429 g/mol. The molecule has 0 aliphatic rings. The van der Waals surface area contributed by atoms with Crippen molar-refractivity contribution in [3.05, 3.63) is 89.0 Å². The SMILES string of the molecule is Cc1ccc(-c2sc3cc(C)ccc3c2C(=O)c2ccc(OCCN(C)C)cc2)cc1. The third-order valence-corrected chi connectivity index (χ3v) is 6.51. The molecule has 4 rings (SSSR count). The van der Waals surface area contributed by atoms with Gasteiger partial charge in [0.25, 0.3) is 0 Å². The van der Waals surface area contributed by atoms with Gasteiger partial charge in [0.05, 0.1) is 0 Å². The Labute approximate surface area is 187 Å². The molecule has 0 atom stereocenters. The van der Waals surface area contributed by atoms with Crippen molar-refractivity contribution in [1.29, 1.82) is 0 Å². The molecule has 0 bridgehead atoms. The van der Waals surface area contributed by atoms with Crippen LogP contribution >= 0.6 is 11.3 Å². The summed E-state index contributed by atoms with van der Waals surface area (Å²) in [6.45, 7) is 5.63. The number of aryl methyl sites for hydroxylation is 2. The summed E-state index contributed by atoms with van der Waals surface area (Å²) >= 11 is 1.69. The number of ether oxygens (including phenoxy) is 1. The first-order valence-electron chi connectivity index (χ1n) is 10.4. The highest BCUT2D eigenvalue weighted by molar-refractivity contribution is 7.22. The second-order valence-electron chi connectivity index (χ2n) is 8.18. The van der Waals surface area contributed by atoms with E-state index in [4.69, 9.17) is 4.74 Å². The molecule has 3 nitrogen and oxygen atoms in total. The van der Waals surface area contributed by atoms with Gasteiger partial charge >= 0.3 is 0 Å². The lowest BCUT2D eigenvalue weighted by atomic mass is 9.97. The lowest BCUT2D eigenvalue weighted by Crippen LogP contribution is -2.19. The van der Waals surface area contributed by atoms with E-state index in [1.54, 1.807) is 11.3 Å². The van der Waals surface area contributed by atoms with Crippen LogP contribution in [-0.4, -0.2) is 37.9 Å². The minimum Gasteiger partial charge on any atom is -0.492 e. The maximum absolute atomic E-state index is 13.6. The van der Waals surface area contributed by atoms with Gasteiger partial charge in [-0.15, -0.1) is 11.3 Å². The average molecular weight is 430 g/mol. The number of likely N-dealkylation sites (N-methyl/N-ethyl adjacent to an activating group) is 1. The van der Waals surface area contributed by atoms with E-state index in [0.717, 1.165) is 38.4 Å². The molecule has 1 heterocycles. The van der Waals surface area contributed by atoms with Crippen molar-refractivity contribution in [2.24, 2.45) is 0 Å². The largest absolute Gasteiger partial charge is 0.492 e. The molecular weight excluding hydrogens is 402 g/mol. The molecule has 0 N–H and O–H groups in total. The second-order valence-corrected chi connectivity index (χ2v) is 9.23. The number of ketones is 1. The molecule has 4 aromatic rings. The smallest absolute Gasteiger partial charge is 0.195 e. The van der Waals surface area contributed by atoms with Crippen LogP contribution in [0, 0.1) is 13.8 Å². The number of carbonyl (C=O) groups is 1. The molecular formula is C27H27NO2S. The summed E-state index contributed by atoms with van der Waals surface area (Å²) in [4.78, 5) is 16.7. The van der Waals surface area contributed by atoms with Gasteiger partial charge in [-0.05, 0) is 69.4 Å². The van der Waals surface area contributed by atoms with Gasteiger partial charge < -0.3 is 9.64 Å². The summed E-state index contributed by atoms with van der Waals surface area (Å²) in [6, 6.07) is 22.2. The molecule has 158 valence electrons. The van der Waals surface area contributed by atoms with Crippen LogP contribution in [0.5, 0.6) is 5.75 Å². The van der Waals surface area contributed by atoms with Crippen molar-refractivity contribution in [3.63, 3.8) is 0 Å². The quantitative estimate of drug-likeness (QED) is 0.320. The van der Waals surface area contributed by atoms with E-state index in [1.165, 1.54) is 11.1 Å². The van der Waals surface area contributed by atoms with Crippen LogP contribution in [0.4, 0.5) is 0 Å². The summed E-state index contributed by atoms with van der Waals surface area (Å²) in [5, 5.41) is 1.02. The Morgan fingerprint density at radius 3 is 2.26 bits per heavy atom. The van der Waals surface area contributed by atoms with Gasteiger partial charge in [-0.2, -0.15) is 0 Å². The Hall–Kier alpha value is -2.95. The zero-order valence-electron chi connectivity index (χ0n) is 18.4. The molecule has 0 amide bonds. The van der Waals surface area contributed by atoms with Crippen molar-refractivity contribution in [2.75, 3.05) is 27.2 Å². The Balaban J connectivity index is 1.71. The fourth-order valence-corrected chi connectivity index (χ4v) is 4.83. The average Bonchev–Trinajstić information content (AvgIpc) is 3.12. The highest BCUT2D eigenvalue weighted by Crippen LogP contribution is 2.40. The van der Waals surface area contributed by atoms with Crippen molar-refractivity contribution in [2.45, 2.75) is 13.8 Å². The van der Waals surface area contributed by atoms with E-state index in [0.29, 0.717) is 12.2 Å². The van der Waals surface area contributed by atoms with Crippen molar-refractivity contribution >= 4 is 27.2 Å². The fourth-order valence-electron chi connectivity index (χ4n) is 3.53. The number of hydrogen-bond acceptors (Lipinski definition) is 4. The fraction of sp³-hybridized carbons (Fsp3) is 0.222. The van der Waals surface area contributed by atoms with Gasteiger partial charge in [0.2, 0.25) is 0 Å². The Morgan fingerprint density at radius 1 is 0.903 bits per heavy atom. The first-order valence-corrected chi connectivity index (χ1v) is 11.3. The molecule has 0 aliphatic carbocycles. The molecule has 0 fully saturated rings. The maximum Gasteiger partial charge on any atom is 0.195 e. The minimum atomic E-state index is 0.0468. The van der Waals surface area contributed by atoms with Crippen LogP contribution < -0.4 is 4.74 Å². The topological polar surface area (TPSA) is 29.5 Å². The minimum absolute atomic E-state index is 0.0468. The lowest BCUT2D eigenvalue weighted by Gasteiger charge is -2.11. The summed E-state index contributed by atoms with van der Waals surface area (Å²) in [5.74, 6) is 0.827. The third kappa shape index (κ3) is 4.71. The molecule has 1 aromatic heterocycles. The predicted molar refractivity (Wildman–Crippen MR) is 131 cm³/mol. The van der Waals surface area contributed by atoms with E-state index >= 15 is 0 Å². The van der Waals surface area contributed by atoms with Crippen LogP contribution in [0.25, 0.3) is 20.5 Å². The van der Waals surface area contributed by atoms with Gasteiger partial charge in [0.1, 0.15) is 12.4 Å². The molecule has 31 heavy (non-hydrogen) atoms. The number of fused-ring (bicyclic) bond motifs is 1. The molecule has 0 spiro atoms. The number of rotatable bonds is 7. The molecule has 3 aromatic carbocycles. The first kappa shape index (κ1) is 21.3. The normalized spacial score (nSPS) is 11.3. The van der Waals surface area contributed by atoms with E-state index < -0.39 is 0 Å². The van der Waals surface area contributed by atoms with Gasteiger partial charge in [0, 0.05) is 32.6 Å². The standard InChI is InChI=1S/C27H27NO2S/c1-18-5-8-21(9-6-18)27-25(23-14-7-19(2)17-24(23)31-27)26(29)20-10-12-22(13-11-20)30-16-15-28(3)4/h5-14,17H,15-16H2,1-4H3.